The van der Waals surface area contributed by atoms with Gasteiger partial charge in [0, 0.05) is 11.2 Å². The van der Waals surface area contributed by atoms with Gasteiger partial charge in [0.25, 0.3) is 0 Å². The van der Waals surface area contributed by atoms with Crippen molar-refractivity contribution in [1.29, 1.82) is 0 Å². The van der Waals surface area contributed by atoms with Gasteiger partial charge in [0.15, 0.2) is 6.10 Å². The Hall–Kier alpha value is -0.580. The summed E-state index contributed by atoms with van der Waals surface area (Å²) in [4.78, 5) is 10.7. The monoisotopic (exact) mass is 320 g/mol. The van der Waals surface area contributed by atoms with Gasteiger partial charge in [0.1, 0.15) is 0 Å². The number of carbonyl (C=O) groups is 1. The molecule has 0 aromatic heterocycles. The zero-order chi connectivity index (χ0) is 12.8. The number of hydrogen-bond acceptors (Lipinski definition) is 2. The molecule has 94 valence electrons. The summed E-state index contributed by atoms with van der Waals surface area (Å²) >= 11 is 9.13. The summed E-state index contributed by atoms with van der Waals surface area (Å²) in [6, 6.07) is 5.33. The Bertz CT molecular complexity index is 395. The lowest BCUT2D eigenvalue weighted by Crippen LogP contribution is -2.12. The van der Waals surface area contributed by atoms with Gasteiger partial charge < -0.3 is 10.2 Å². The van der Waals surface area contributed by atoms with Crippen LogP contribution in [0, 0.1) is 0 Å². The van der Waals surface area contributed by atoms with Gasteiger partial charge in [0.2, 0.25) is 0 Å². The molecule has 0 bridgehead atoms. The SMILES string of the molecule is O=C(O)C(O)c1ccc(CCCBr)cc1CCl. The molecule has 0 heterocycles. The fraction of sp³-hybridized carbons (Fsp3) is 0.417. The number of carboxylic acid groups (broad SMARTS) is 1. The third kappa shape index (κ3) is 3.98. The van der Waals surface area contributed by atoms with Gasteiger partial charge >= 0.3 is 5.97 Å². The summed E-state index contributed by atoms with van der Waals surface area (Å²) in [6.07, 6.45) is 0.398. The first-order chi connectivity index (χ1) is 8.10. The van der Waals surface area contributed by atoms with E-state index < -0.39 is 12.1 Å². The minimum Gasteiger partial charge on any atom is -0.479 e. The first-order valence-electron chi connectivity index (χ1n) is 5.24. The average molecular weight is 322 g/mol. The summed E-state index contributed by atoms with van der Waals surface area (Å²) in [5.74, 6) is -1.06. The molecule has 0 amide bonds. The van der Waals surface area contributed by atoms with Crippen molar-refractivity contribution >= 4 is 33.5 Å². The van der Waals surface area contributed by atoms with Crippen molar-refractivity contribution in [2.24, 2.45) is 0 Å². The molecule has 2 N–H and O–H groups in total. The van der Waals surface area contributed by atoms with Crippen LogP contribution in [0.1, 0.15) is 29.2 Å². The number of aliphatic hydroxyl groups is 1. The van der Waals surface area contributed by atoms with Crippen molar-refractivity contribution in [3.63, 3.8) is 0 Å². The standard InChI is InChI=1S/C12H14BrClO3/c13-5-1-2-8-3-4-10(9(6-8)7-14)11(15)12(16)17/h3-4,6,11,15H,1-2,5,7H2,(H,16,17). The van der Waals surface area contributed by atoms with Gasteiger partial charge in [-0.25, -0.2) is 4.79 Å². The fourth-order valence-electron chi connectivity index (χ4n) is 1.60. The minimum absolute atomic E-state index is 0.196. The fourth-order valence-corrected chi connectivity index (χ4v) is 2.11. The molecule has 1 atom stereocenters. The lowest BCUT2D eigenvalue weighted by molar-refractivity contribution is -0.147. The summed E-state index contributed by atoms with van der Waals surface area (Å²) in [5.41, 5.74) is 2.14. The number of carboxylic acids is 1. The smallest absolute Gasteiger partial charge is 0.337 e. The number of aryl methyl sites for hydroxylation is 1. The highest BCUT2D eigenvalue weighted by Gasteiger charge is 2.19. The normalized spacial score (nSPS) is 12.4. The second-order valence-electron chi connectivity index (χ2n) is 3.70. The van der Waals surface area contributed by atoms with Crippen LogP contribution in [0.2, 0.25) is 0 Å². The zero-order valence-electron chi connectivity index (χ0n) is 9.20. The lowest BCUT2D eigenvalue weighted by atomic mass is 9.99. The number of halogens is 2. The summed E-state index contributed by atoms with van der Waals surface area (Å²) < 4.78 is 0. The molecule has 0 aliphatic rings. The highest BCUT2D eigenvalue weighted by Crippen LogP contribution is 2.22. The highest BCUT2D eigenvalue weighted by molar-refractivity contribution is 9.09. The molecule has 0 saturated heterocycles. The van der Waals surface area contributed by atoms with Crippen LogP contribution in [0.3, 0.4) is 0 Å². The van der Waals surface area contributed by atoms with E-state index >= 15 is 0 Å². The molecule has 0 fully saturated rings. The maximum absolute atomic E-state index is 10.7. The molecular weight excluding hydrogens is 307 g/mol. The van der Waals surface area contributed by atoms with E-state index in [-0.39, 0.29) is 5.88 Å². The summed E-state index contributed by atoms with van der Waals surface area (Å²) in [6.45, 7) is 0. The Morgan fingerprint density at radius 3 is 2.71 bits per heavy atom. The van der Waals surface area contributed by atoms with Crippen molar-refractivity contribution in [2.45, 2.75) is 24.8 Å². The Morgan fingerprint density at radius 2 is 2.18 bits per heavy atom. The third-order valence-corrected chi connectivity index (χ3v) is 3.33. The first-order valence-corrected chi connectivity index (χ1v) is 6.90. The van der Waals surface area contributed by atoms with E-state index in [9.17, 15) is 9.90 Å². The minimum atomic E-state index is -1.51. The quantitative estimate of drug-likeness (QED) is 0.792. The van der Waals surface area contributed by atoms with Crippen LogP contribution in [0.4, 0.5) is 0 Å². The number of aliphatic hydroxyl groups excluding tert-OH is 1. The van der Waals surface area contributed by atoms with E-state index in [1.54, 1.807) is 6.07 Å². The van der Waals surface area contributed by atoms with Crippen LogP contribution >= 0.6 is 27.5 Å². The van der Waals surface area contributed by atoms with Crippen molar-refractivity contribution in [3.05, 3.63) is 34.9 Å². The van der Waals surface area contributed by atoms with Crippen LogP contribution in [-0.4, -0.2) is 21.5 Å². The van der Waals surface area contributed by atoms with Crippen LogP contribution in [-0.2, 0) is 17.1 Å². The second kappa shape index (κ2) is 6.99. The van der Waals surface area contributed by atoms with E-state index in [0.29, 0.717) is 11.1 Å². The van der Waals surface area contributed by atoms with E-state index in [4.69, 9.17) is 16.7 Å². The Balaban J connectivity index is 2.96. The number of hydrogen-bond donors (Lipinski definition) is 2. The van der Waals surface area contributed by atoms with Crippen LogP contribution in [0.25, 0.3) is 0 Å². The molecule has 3 nitrogen and oxygen atoms in total. The number of aliphatic carboxylic acids is 1. The Kier molecular flexibility index (Phi) is 5.95. The number of alkyl halides is 2. The highest BCUT2D eigenvalue weighted by atomic mass is 79.9. The second-order valence-corrected chi connectivity index (χ2v) is 4.76. The zero-order valence-corrected chi connectivity index (χ0v) is 11.5. The number of benzene rings is 1. The molecule has 17 heavy (non-hydrogen) atoms. The molecule has 0 aliphatic carbocycles. The maximum atomic E-state index is 10.7. The average Bonchev–Trinajstić information content (AvgIpc) is 2.34. The third-order valence-electron chi connectivity index (χ3n) is 2.48. The maximum Gasteiger partial charge on any atom is 0.337 e. The molecule has 5 heteroatoms. The van der Waals surface area contributed by atoms with E-state index in [2.05, 4.69) is 15.9 Å². The van der Waals surface area contributed by atoms with Gasteiger partial charge in [0.05, 0.1) is 0 Å². The van der Waals surface area contributed by atoms with Crippen LogP contribution < -0.4 is 0 Å². The van der Waals surface area contributed by atoms with E-state index in [1.165, 1.54) is 0 Å². The molecule has 0 radical (unpaired) electrons. The topological polar surface area (TPSA) is 57.5 Å². The van der Waals surface area contributed by atoms with Crippen LogP contribution in [0.5, 0.6) is 0 Å². The molecule has 0 saturated carbocycles. The van der Waals surface area contributed by atoms with Gasteiger partial charge in [-0.2, -0.15) is 0 Å². The Morgan fingerprint density at radius 1 is 1.47 bits per heavy atom. The van der Waals surface area contributed by atoms with Crippen molar-refractivity contribution < 1.29 is 15.0 Å². The summed E-state index contributed by atoms with van der Waals surface area (Å²) in [7, 11) is 0. The van der Waals surface area contributed by atoms with Crippen LogP contribution in [0.15, 0.2) is 18.2 Å². The molecule has 1 rings (SSSR count). The predicted molar refractivity (Wildman–Crippen MR) is 70.7 cm³/mol. The van der Waals surface area contributed by atoms with E-state index in [0.717, 1.165) is 23.7 Å². The van der Waals surface area contributed by atoms with E-state index in [1.807, 2.05) is 12.1 Å². The first kappa shape index (κ1) is 14.5. The van der Waals surface area contributed by atoms with Gasteiger partial charge in [-0.05, 0) is 29.5 Å². The molecular formula is C12H14BrClO3. The lowest BCUT2D eigenvalue weighted by Gasteiger charge is -2.12. The van der Waals surface area contributed by atoms with Crippen molar-refractivity contribution in [2.75, 3.05) is 5.33 Å². The molecule has 0 spiro atoms. The van der Waals surface area contributed by atoms with Crippen molar-refractivity contribution in [3.8, 4) is 0 Å². The molecule has 0 aliphatic heterocycles. The predicted octanol–water partition coefficient (Wildman–Crippen LogP) is 2.87. The van der Waals surface area contributed by atoms with Gasteiger partial charge in [-0.3, -0.25) is 0 Å². The largest absolute Gasteiger partial charge is 0.479 e. The molecule has 1 aromatic carbocycles. The number of rotatable bonds is 6. The van der Waals surface area contributed by atoms with Gasteiger partial charge in [-0.1, -0.05) is 34.1 Å². The summed E-state index contributed by atoms with van der Waals surface area (Å²) in [5, 5.41) is 19.2. The van der Waals surface area contributed by atoms with Crippen molar-refractivity contribution in [1.82, 2.24) is 0 Å². The van der Waals surface area contributed by atoms with Gasteiger partial charge in [-0.15, -0.1) is 11.6 Å². The molecule has 1 unspecified atom stereocenters. The molecule has 1 aromatic rings. The Labute approximate surface area is 114 Å².